The Morgan fingerprint density at radius 2 is 1.57 bits per heavy atom. The van der Waals surface area contributed by atoms with Gasteiger partial charge in [0.2, 0.25) is 0 Å². The normalized spacial score (nSPS) is 39.3. The molecule has 1 aromatic carbocycles. The highest BCUT2D eigenvalue weighted by atomic mass is 16.7. The van der Waals surface area contributed by atoms with Crippen molar-refractivity contribution in [2.45, 2.75) is 238 Å². The van der Waals surface area contributed by atoms with Gasteiger partial charge in [-0.05, 0) is 99.2 Å². The Bertz CT molecular complexity index is 1970. The van der Waals surface area contributed by atoms with E-state index in [-0.39, 0.29) is 19.3 Å². The number of hydrogen-bond donors (Lipinski definition) is 5. The number of nitrogens with one attached hydrogen (secondary N) is 2. The Labute approximate surface area is 446 Å². The largest absolute Gasteiger partial charge is 0.459 e. The van der Waals surface area contributed by atoms with Crippen molar-refractivity contribution in [3.63, 3.8) is 0 Å². The van der Waals surface area contributed by atoms with Crippen LogP contribution in [0.5, 0.6) is 0 Å². The minimum Gasteiger partial charge on any atom is -0.459 e. The van der Waals surface area contributed by atoms with Crippen molar-refractivity contribution in [2.75, 3.05) is 27.8 Å². The second-order valence-electron chi connectivity index (χ2n) is 23.0. The molecule has 5 rings (SSSR count). The highest BCUT2D eigenvalue weighted by Gasteiger charge is 2.55. The van der Waals surface area contributed by atoms with Crippen LogP contribution in [-0.2, 0) is 58.9 Å². The Balaban J connectivity index is 1.59. The van der Waals surface area contributed by atoms with E-state index in [9.17, 15) is 29.7 Å². The molecule has 75 heavy (non-hydrogen) atoms. The monoisotopic (exact) mass is 1060 g/mol. The molecule has 19 heteroatoms. The van der Waals surface area contributed by atoms with Gasteiger partial charge in [0.25, 0.3) is 0 Å². The molecule has 3 heterocycles. The minimum absolute atomic E-state index is 0.0359. The van der Waals surface area contributed by atoms with Crippen LogP contribution in [0.3, 0.4) is 0 Å². The van der Waals surface area contributed by atoms with Gasteiger partial charge < -0.3 is 63.0 Å². The summed E-state index contributed by atoms with van der Waals surface area (Å²) in [7, 11) is 5.26. The van der Waals surface area contributed by atoms with E-state index in [1.54, 1.807) is 48.5 Å². The average molecular weight is 1060 g/mol. The number of cyclic esters (lactones) is 1. The number of nitrogens with zero attached hydrogens (tertiary/aromatic N) is 2. The third kappa shape index (κ3) is 16.5. The van der Waals surface area contributed by atoms with Crippen LogP contribution < -0.4 is 10.9 Å². The summed E-state index contributed by atoms with van der Waals surface area (Å²) in [4.78, 5) is 48.8. The summed E-state index contributed by atoms with van der Waals surface area (Å²) < 4.78 is 51.3. The predicted octanol–water partition coefficient (Wildman–Crippen LogP) is 6.96. The molecule has 3 aliphatic heterocycles. The first-order valence-electron chi connectivity index (χ1n) is 27.6. The molecule has 0 radical (unpaired) electrons. The van der Waals surface area contributed by atoms with Crippen LogP contribution in [0.1, 0.15) is 152 Å². The number of carbonyl (C=O) groups excluding carboxylic acids is 3. The fraction of sp³-hybridized carbons (Fsp3) is 0.821. The quantitative estimate of drug-likeness (QED) is 0.0459. The van der Waals surface area contributed by atoms with Gasteiger partial charge in [-0.1, -0.05) is 95.3 Å². The standard InChI is InChI=1S/C56H94N4O15/c1-15-43-56(11,66)48(62)35(4)45(59-68-28-22-27-40-23-18-16-19-24-40)33(2)30-54(9,65)49(36(5)46(37(6)51(63)72-43)73-44-31-55(10,67-14)50(38(7)70-44)71-39(8)61)75-52-47(42(60(12)13)29-34(3)69-52)74-53(64)58-57-32-41-25-20-17-21-26-41/h17,20-21,25-26,33-38,40,42-44,46-50,52,57,62,65-66H,15-16,18-19,22-24,27-32H2,1-14H3,(H,58,64)/b59-45+/t33-,34-,35+,36+,37-,38+,42+,43-,44+,46+,47-,48-,49-,50+,52+,54?,55-,56-/m1/s1. The van der Waals surface area contributed by atoms with E-state index in [2.05, 4.69) is 10.9 Å². The maximum absolute atomic E-state index is 14.8. The molecule has 1 amide bonds. The number of benzene rings is 1. The number of aliphatic hydroxyl groups excluding tert-OH is 1. The lowest BCUT2D eigenvalue weighted by molar-refractivity contribution is -0.318. The van der Waals surface area contributed by atoms with Crippen molar-refractivity contribution in [2.24, 2.45) is 34.7 Å². The van der Waals surface area contributed by atoms with E-state index >= 15 is 0 Å². The van der Waals surface area contributed by atoms with Gasteiger partial charge in [0.05, 0.1) is 53.8 Å². The predicted molar refractivity (Wildman–Crippen MR) is 281 cm³/mol. The highest BCUT2D eigenvalue weighted by Crippen LogP contribution is 2.42. The number of likely N-dealkylation sites (N-methyl/N-ethyl adjacent to an activating group) is 1. The molecule has 0 bridgehead atoms. The van der Waals surface area contributed by atoms with Crippen molar-refractivity contribution in [1.82, 2.24) is 15.8 Å². The summed E-state index contributed by atoms with van der Waals surface area (Å²) in [5, 5.41) is 42.5. The number of aliphatic hydroxyl groups is 3. The van der Waals surface area contributed by atoms with Crippen molar-refractivity contribution in [1.29, 1.82) is 0 Å². The van der Waals surface area contributed by atoms with Gasteiger partial charge in [-0.2, -0.15) is 0 Å². The summed E-state index contributed by atoms with van der Waals surface area (Å²) in [6.07, 6.45) is -2.64. The zero-order chi connectivity index (χ0) is 55.4. The van der Waals surface area contributed by atoms with Crippen LogP contribution in [0.4, 0.5) is 4.79 Å². The Morgan fingerprint density at radius 1 is 0.893 bits per heavy atom. The van der Waals surface area contributed by atoms with Crippen LogP contribution in [0.15, 0.2) is 35.5 Å². The second kappa shape index (κ2) is 27.9. The number of hydrogen-bond acceptors (Lipinski definition) is 18. The topological polar surface area (TPSA) is 235 Å². The second-order valence-corrected chi connectivity index (χ2v) is 23.0. The molecule has 5 N–H and O–H groups in total. The number of hydrazine groups is 1. The molecular formula is C56H94N4O15. The summed E-state index contributed by atoms with van der Waals surface area (Å²) in [5.41, 5.74) is 1.99. The van der Waals surface area contributed by atoms with Crippen molar-refractivity contribution in [3.8, 4) is 0 Å². The molecule has 4 aliphatic rings. The molecule has 4 fully saturated rings. The molecule has 428 valence electrons. The van der Waals surface area contributed by atoms with E-state index in [1.807, 2.05) is 63.2 Å². The van der Waals surface area contributed by atoms with Gasteiger partial charge in [0.1, 0.15) is 23.9 Å². The molecule has 1 saturated carbocycles. The summed E-state index contributed by atoms with van der Waals surface area (Å²) in [6.45, 7) is 19.3. The fourth-order valence-electron chi connectivity index (χ4n) is 12.1. The lowest BCUT2D eigenvalue weighted by atomic mass is 9.73. The van der Waals surface area contributed by atoms with E-state index in [1.165, 1.54) is 53.1 Å². The number of amides is 1. The maximum Gasteiger partial charge on any atom is 0.422 e. The van der Waals surface area contributed by atoms with E-state index < -0.39 is 126 Å². The third-order valence-electron chi connectivity index (χ3n) is 16.4. The molecule has 0 spiro atoms. The fourth-order valence-corrected chi connectivity index (χ4v) is 12.1. The Hall–Kier alpha value is -3.50. The molecule has 1 aromatic rings. The molecule has 1 unspecified atom stereocenters. The zero-order valence-corrected chi connectivity index (χ0v) is 47.5. The summed E-state index contributed by atoms with van der Waals surface area (Å²) in [6, 6.07) is 9.14. The van der Waals surface area contributed by atoms with Gasteiger partial charge in [-0.15, -0.1) is 0 Å². The number of carbonyl (C=O) groups is 3. The van der Waals surface area contributed by atoms with Crippen molar-refractivity contribution >= 4 is 23.7 Å². The van der Waals surface area contributed by atoms with Crippen LogP contribution in [0.25, 0.3) is 0 Å². The van der Waals surface area contributed by atoms with Gasteiger partial charge in [-0.25, -0.2) is 10.2 Å². The molecule has 18 atom stereocenters. The summed E-state index contributed by atoms with van der Waals surface area (Å²) in [5.74, 6) is -4.14. The summed E-state index contributed by atoms with van der Waals surface area (Å²) >= 11 is 0. The number of methoxy groups -OCH3 is 1. The molecule has 19 nitrogen and oxygen atoms in total. The van der Waals surface area contributed by atoms with Crippen LogP contribution in [0.2, 0.25) is 0 Å². The van der Waals surface area contributed by atoms with E-state index in [0.29, 0.717) is 31.2 Å². The minimum atomic E-state index is -1.98. The molecule has 0 aromatic heterocycles. The Kier molecular flexibility index (Phi) is 23.2. The van der Waals surface area contributed by atoms with Gasteiger partial charge >= 0.3 is 18.0 Å². The van der Waals surface area contributed by atoms with E-state index in [0.717, 1.165) is 18.4 Å². The third-order valence-corrected chi connectivity index (χ3v) is 16.4. The number of ether oxygens (including phenoxy) is 8. The van der Waals surface area contributed by atoms with Crippen LogP contribution in [-0.4, -0.2) is 156 Å². The van der Waals surface area contributed by atoms with E-state index in [4.69, 9.17) is 47.9 Å². The van der Waals surface area contributed by atoms with Crippen molar-refractivity contribution < 1.29 is 72.4 Å². The first kappa shape index (κ1) is 62.3. The maximum atomic E-state index is 14.8. The van der Waals surface area contributed by atoms with Crippen molar-refractivity contribution in [3.05, 3.63) is 35.9 Å². The van der Waals surface area contributed by atoms with Gasteiger partial charge in [0.15, 0.2) is 24.8 Å². The molecule has 3 saturated heterocycles. The van der Waals surface area contributed by atoms with Gasteiger partial charge in [-0.3, -0.25) is 15.0 Å². The van der Waals surface area contributed by atoms with Gasteiger partial charge in [0, 0.05) is 44.8 Å². The molecule has 1 aliphatic carbocycles. The SMILES string of the molecule is CC[C@H]1OC(=O)[C@H](C)[C@@H](O[C@H]2C[C@@](C)(OC)[C@@H](OC(C)=O)[C@H](C)O2)[C@H](C)[C@@H](O[C@@H]2O[C@H](C)C[C@H](N(C)C)[C@H]2OC(=O)NNCc2ccccc2)C(C)(O)C[C@@H](C)/C(=N\OCCCC2CCCCC2)[C@H](C)[C@@H](O)[C@]1(C)O. The lowest BCUT2D eigenvalue weighted by Crippen LogP contribution is -2.62. The Morgan fingerprint density at radius 3 is 2.20 bits per heavy atom. The van der Waals surface area contributed by atoms with Crippen LogP contribution >= 0.6 is 0 Å². The first-order chi connectivity index (χ1) is 35.3. The first-order valence-corrected chi connectivity index (χ1v) is 27.6. The smallest absolute Gasteiger partial charge is 0.422 e. The number of oxime groups is 1. The lowest BCUT2D eigenvalue weighted by Gasteiger charge is -2.49. The highest BCUT2D eigenvalue weighted by molar-refractivity contribution is 5.88. The average Bonchev–Trinajstić information content (AvgIpc) is 3.35. The number of esters is 2. The number of rotatable bonds is 17. The van der Waals surface area contributed by atoms with Crippen LogP contribution in [0, 0.1) is 29.6 Å². The zero-order valence-electron chi connectivity index (χ0n) is 47.5. The molecular weight excluding hydrogens is 969 g/mol.